The van der Waals surface area contributed by atoms with Crippen molar-refractivity contribution < 1.29 is 18.0 Å². The van der Waals surface area contributed by atoms with Gasteiger partial charge in [0.15, 0.2) is 0 Å². The van der Waals surface area contributed by atoms with Crippen LogP contribution in [0.4, 0.5) is 4.79 Å². The Bertz CT molecular complexity index is 893. The highest BCUT2D eigenvalue weighted by atomic mass is 32.2. The summed E-state index contributed by atoms with van der Waals surface area (Å²) in [4.78, 5) is 30.2. The van der Waals surface area contributed by atoms with Crippen LogP contribution in [0.5, 0.6) is 0 Å². The van der Waals surface area contributed by atoms with E-state index in [0.717, 1.165) is 12.0 Å². The van der Waals surface area contributed by atoms with Gasteiger partial charge in [-0.1, -0.05) is 26.0 Å². The number of sulfonamides is 1. The third-order valence-electron chi connectivity index (χ3n) is 6.34. The fourth-order valence-corrected chi connectivity index (χ4v) is 5.41. The number of imide groups is 1. The lowest BCUT2D eigenvalue weighted by atomic mass is 9.99. The Morgan fingerprint density at radius 3 is 2.10 bits per heavy atom. The van der Waals surface area contributed by atoms with Crippen molar-refractivity contribution >= 4 is 22.0 Å². The van der Waals surface area contributed by atoms with E-state index in [0.29, 0.717) is 50.0 Å². The number of carbonyl (C=O) groups excluding carboxylic acids is 2. The Hall–Kier alpha value is -1.97. The lowest BCUT2D eigenvalue weighted by Gasteiger charge is -2.40. The number of carbonyl (C=O) groups is 2. The molecular formula is C22H34N4O4S. The molecule has 0 unspecified atom stereocenters. The molecular weight excluding hydrogens is 416 g/mol. The van der Waals surface area contributed by atoms with E-state index in [-0.39, 0.29) is 24.6 Å². The predicted octanol–water partition coefficient (Wildman–Crippen LogP) is 2.53. The second-order valence-electron chi connectivity index (χ2n) is 8.68. The zero-order valence-corrected chi connectivity index (χ0v) is 19.8. The maximum Gasteiger partial charge on any atom is 0.328 e. The Labute approximate surface area is 185 Å². The number of rotatable bonds is 7. The first kappa shape index (κ1) is 23.7. The van der Waals surface area contributed by atoms with Crippen molar-refractivity contribution in [2.24, 2.45) is 0 Å². The summed E-state index contributed by atoms with van der Waals surface area (Å²) >= 11 is 0. The molecule has 8 nitrogen and oxygen atoms in total. The lowest BCUT2D eigenvalue weighted by molar-refractivity contribution is -0.133. The molecule has 2 fully saturated rings. The first-order valence-corrected chi connectivity index (χ1v) is 12.5. The van der Waals surface area contributed by atoms with Crippen LogP contribution in [0.3, 0.4) is 0 Å². The quantitative estimate of drug-likeness (QED) is 0.638. The van der Waals surface area contributed by atoms with Crippen LogP contribution in [-0.2, 0) is 14.8 Å². The van der Waals surface area contributed by atoms with Crippen molar-refractivity contribution in [1.29, 1.82) is 0 Å². The summed E-state index contributed by atoms with van der Waals surface area (Å²) in [6.07, 6.45) is 1.33. The van der Waals surface area contributed by atoms with Gasteiger partial charge in [-0.05, 0) is 43.9 Å². The number of nitrogens with zero attached hydrogens (tertiary/aromatic N) is 4. The molecule has 0 radical (unpaired) electrons. The second-order valence-corrected chi connectivity index (χ2v) is 10.6. The monoisotopic (exact) mass is 450 g/mol. The molecule has 9 heteroatoms. The highest BCUT2D eigenvalue weighted by molar-refractivity contribution is 7.89. The topological polar surface area (TPSA) is 81.2 Å². The molecule has 1 aromatic carbocycles. The standard InChI is InChI=1S/C22H34N4O4S/c1-5-18(4)19-6-8-20(9-7-19)31(29,30)24-14-12-23(13-15-24)16-26-21(27)10-11-25(17(2)3)22(26)28/h6-9,17-18H,5,10-16H2,1-4H3/t18-/m0/s1. The van der Waals surface area contributed by atoms with Crippen molar-refractivity contribution in [2.45, 2.75) is 57.4 Å². The van der Waals surface area contributed by atoms with E-state index in [1.165, 1.54) is 9.21 Å². The van der Waals surface area contributed by atoms with Crippen LogP contribution >= 0.6 is 0 Å². The minimum absolute atomic E-state index is 0.0387. The van der Waals surface area contributed by atoms with Crippen molar-refractivity contribution in [1.82, 2.24) is 19.0 Å². The molecule has 172 valence electrons. The molecule has 3 amide bonds. The zero-order valence-electron chi connectivity index (χ0n) is 19.0. The third-order valence-corrected chi connectivity index (χ3v) is 8.25. The Balaban J connectivity index is 1.61. The Kier molecular flexibility index (Phi) is 7.39. The largest absolute Gasteiger partial charge is 0.328 e. The first-order chi connectivity index (χ1) is 14.6. The van der Waals surface area contributed by atoms with Gasteiger partial charge in [0.1, 0.15) is 0 Å². The fraction of sp³-hybridized carbons (Fsp3) is 0.636. The van der Waals surface area contributed by atoms with E-state index < -0.39 is 10.0 Å². The second kappa shape index (κ2) is 9.67. The van der Waals surface area contributed by atoms with Gasteiger partial charge in [-0.3, -0.25) is 14.6 Å². The van der Waals surface area contributed by atoms with E-state index in [1.54, 1.807) is 17.0 Å². The van der Waals surface area contributed by atoms with Crippen LogP contribution in [0.1, 0.15) is 52.0 Å². The summed E-state index contributed by atoms with van der Waals surface area (Å²) in [6.45, 7) is 10.4. The SMILES string of the molecule is CC[C@H](C)c1ccc(S(=O)(=O)N2CCN(CN3C(=O)CCN(C(C)C)C3=O)CC2)cc1. The van der Waals surface area contributed by atoms with Gasteiger partial charge in [0.25, 0.3) is 0 Å². The minimum Gasteiger partial charge on any atom is -0.321 e. The van der Waals surface area contributed by atoms with Crippen LogP contribution in [0.25, 0.3) is 0 Å². The number of benzene rings is 1. The molecule has 0 spiro atoms. The molecule has 0 N–H and O–H groups in total. The van der Waals surface area contributed by atoms with Crippen molar-refractivity contribution in [3.8, 4) is 0 Å². The molecule has 2 aliphatic heterocycles. The summed E-state index contributed by atoms with van der Waals surface area (Å²) in [5, 5.41) is 0. The van der Waals surface area contributed by atoms with E-state index in [2.05, 4.69) is 13.8 Å². The normalized spacial score (nSPS) is 20.5. The van der Waals surface area contributed by atoms with Crippen LogP contribution < -0.4 is 0 Å². The van der Waals surface area contributed by atoms with Crippen LogP contribution in [-0.4, -0.2) is 84.8 Å². The molecule has 1 aromatic rings. The number of hydrogen-bond donors (Lipinski definition) is 0. The Morgan fingerprint density at radius 1 is 0.935 bits per heavy atom. The third kappa shape index (κ3) is 5.10. The first-order valence-electron chi connectivity index (χ1n) is 11.1. The predicted molar refractivity (Wildman–Crippen MR) is 119 cm³/mol. The van der Waals surface area contributed by atoms with Crippen molar-refractivity contribution in [3.05, 3.63) is 29.8 Å². The average molecular weight is 451 g/mol. The molecule has 3 rings (SSSR count). The summed E-state index contributed by atoms with van der Waals surface area (Å²) < 4.78 is 27.6. The molecule has 0 saturated carbocycles. The van der Waals surface area contributed by atoms with E-state index in [4.69, 9.17) is 0 Å². The summed E-state index contributed by atoms with van der Waals surface area (Å²) in [6, 6.07) is 6.94. The van der Waals surface area contributed by atoms with Gasteiger partial charge in [0.05, 0.1) is 11.6 Å². The van der Waals surface area contributed by atoms with E-state index >= 15 is 0 Å². The van der Waals surface area contributed by atoms with Crippen LogP contribution in [0, 0.1) is 0 Å². The number of urea groups is 1. The van der Waals surface area contributed by atoms with Gasteiger partial charge in [-0.25, -0.2) is 13.2 Å². The van der Waals surface area contributed by atoms with E-state index in [9.17, 15) is 18.0 Å². The number of amides is 3. The average Bonchev–Trinajstić information content (AvgIpc) is 2.76. The molecule has 2 aliphatic rings. The fourth-order valence-electron chi connectivity index (χ4n) is 3.99. The summed E-state index contributed by atoms with van der Waals surface area (Å²) in [7, 11) is -3.56. The van der Waals surface area contributed by atoms with Crippen molar-refractivity contribution in [2.75, 3.05) is 39.4 Å². The highest BCUT2D eigenvalue weighted by Crippen LogP contribution is 2.23. The summed E-state index contributed by atoms with van der Waals surface area (Å²) in [5.41, 5.74) is 1.14. The van der Waals surface area contributed by atoms with Crippen molar-refractivity contribution in [3.63, 3.8) is 0 Å². The molecule has 1 atom stereocenters. The maximum absolute atomic E-state index is 13.0. The molecule has 0 aliphatic carbocycles. The number of hydrogen-bond acceptors (Lipinski definition) is 5. The summed E-state index contributed by atoms with van der Waals surface area (Å²) in [5.74, 6) is 0.227. The van der Waals surface area contributed by atoms with Gasteiger partial charge in [0, 0.05) is 45.2 Å². The lowest BCUT2D eigenvalue weighted by Crippen LogP contribution is -2.59. The Morgan fingerprint density at radius 2 is 1.55 bits per heavy atom. The van der Waals surface area contributed by atoms with Crippen LogP contribution in [0.15, 0.2) is 29.2 Å². The maximum atomic E-state index is 13.0. The molecule has 2 saturated heterocycles. The molecule has 0 bridgehead atoms. The minimum atomic E-state index is -3.56. The van der Waals surface area contributed by atoms with Gasteiger partial charge in [-0.2, -0.15) is 4.31 Å². The zero-order chi connectivity index (χ0) is 22.8. The molecule has 0 aromatic heterocycles. The smallest absolute Gasteiger partial charge is 0.321 e. The van der Waals surface area contributed by atoms with E-state index in [1.807, 2.05) is 30.9 Å². The molecule has 31 heavy (non-hydrogen) atoms. The van der Waals surface area contributed by atoms with Gasteiger partial charge < -0.3 is 4.90 Å². The van der Waals surface area contributed by atoms with Gasteiger partial charge >= 0.3 is 6.03 Å². The highest BCUT2D eigenvalue weighted by Gasteiger charge is 2.36. The van der Waals surface area contributed by atoms with Gasteiger partial charge in [0.2, 0.25) is 15.9 Å². The van der Waals surface area contributed by atoms with Crippen LogP contribution in [0.2, 0.25) is 0 Å². The molecule has 2 heterocycles. The number of piperazine rings is 1. The van der Waals surface area contributed by atoms with Gasteiger partial charge in [-0.15, -0.1) is 0 Å².